The lowest BCUT2D eigenvalue weighted by molar-refractivity contribution is -0.118. The molecule has 28 heavy (non-hydrogen) atoms. The predicted octanol–water partition coefficient (Wildman–Crippen LogP) is 4.75. The van der Waals surface area contributed by atoms with Crippen LogP contribution in [0, 0.1) is 5.82 Å². The molecule has 0 spiro atoms. The molecule has 3 aromatic carbocycles. The summed E-state index contributed by atoms with van der Waals surface area (Å²) in [4.78, 5) is 24.6. The molecule has 5 nitrogen and oxygen atoms in total. The van der Waals surface area contributed by atoms with Gasteiger partial charge in [-0.3, -0.25) is 9.59 Å². The van der Waals surface area contributed by atoms with Gasteiger partial charge in [0.1, 0.15) is 11.6 Å². The molecule has 0 fully saturated rings. The van der Waals surface area contributed by atoms with Crippen molar-refractivity contribution in [3.63, 3.8) is 0 Å². The summed E-state index contributed by atoms with van der Waals surface area (Å²) < 4.78 is 18.2. The van der Waals surface area contributed by atoms with Gasteiger partial charge in [-0.15, -0.1) is 0 Å². The van der Waals surface area contributed by atoms with Crippen molar-refractivity contribution in [2.75, 3.05) is 17.2 Å². The minimum atomic E-state index is -0.427. The van der Waals surface area contributed by atoms with Crippen molar-refractivity contribution >= 4 is 34.8 Å². The molecule has 0 atom stereocenters. The fourth-order valence-corrected chi connectivity index (χ4v) is 2.62. The van der Waals surface area contributed by atoms with Gasteiger partial charge in [-0.25, -0.2) is 4.39 Å². The third kappa shape index (κ3) is 5.08. The van der Waals surface area contributed by atoms with E-state index >= 15 is 0 Å². The van der Waals surface area contributed by atoms with Crippen molar-refractivity contribution in [2.45, 2.75) is 0 Å². The van der Waals surface area contributed by atoms with Gasteiger partial charge >= 0.3 is 0 Å². The summed E-state index contributed by atoms with van der Waals surface area (Å²) in [7, 11) is 0. The zero-order valence-electron chi connectivity index (χ0n) is 14.6. The van der Waals surface area contributed by atoms with Gasteiger partial charge in [0.05, 0.1) is 22.0 Å². The van der Waals surface area contributed by atoms with Crippen molar-refractivity contribution in [3.05, 3.63) is 89.2 Å². The summed E-state index contributed by atoms with van der Waals surface area (Å²) in [6.07, 6.45) is 0. The Labute approximate surface area is 166 Å². The molecule has 0 heterocycles. The number of carbonyl (C=O) groups excluding carboxylic acids is 2. The van der Waals surface area contributed by atoms with Gasteiger partial charge in [0.25, 0.3) is 11.8 Å². The first-order valence-electron chi connectivity index (χ1n) is 8.36. The molecule has 2 N–H and O–H groups in total. The lowest BCUT2D eigenvalue weighted by Gasteiger charge is -2.13. The highest BCUT2D eigenvalue weighted by molar-refractivity contribution is 6.34. The second-order valence-electron chi connectivity index (χ2n) is 5.77. The SMILES string of the molecule is O=C(COc1ccc(F)cc1)Nc1ccccc1NC(=O)c1ccccc1Cl. The first-order chi connectivity index (χ1) is 13.5. The quantitative estimate of drug-likeness (QED) is 0.629. The van der Waals surface area contributed by atoms with Crippen LogP contribution >= 0.6 is 11.6 Å². The van der Waals surface area contributed by atoms with Gasteiger partial charge in [-0.1, -0.05) is 35.9 Å². The fourth-order valence-electron chi connectivity index (χ4n) is 2.40. The molecule has 0 bridgehead atoms. The number of hydrogen-bond donors (Lipinski definition) is 2. The Kier molecular flexibility index (Phi) is 6.24. The van der Waals surface area contributed by atoms with Crippen molar-refractivity contribution in [1.29, 1.82) is 0 Å². The Morgan fingerprint density at radius 2 is 1.46 bits per heavy atom. The maximum atomic E-state index is 12.9. The summed E-state index contributed by atoms with van der Waals surface area (Å²) >= 11 is 6.05. The molecule has 0 radical (unpaired) electrons. The zero-order chi connectivity index (χ0) is 19.9. The van der Waals surface area contributed by atoms with Crippen LogP contribution < -0.4 is 15.4 Å². The molecule has 0 aliphatic heterocycles. The highest BCUT2D eigenvalue weighted by Gasteiger charge is 2.13. The Bertz CT molecular complexity index is 993. The van der Waals surface area contributed by atoms with Gasteiger partial charge < -0.3 is 15.4 Å². The normalized spacial score (nSPS) is 10.2. The number of anilines is 2. The molecule has 142 valence electrons. The molecule has 0 saturated carbocycles. The molecule has 0 aliphatic rings. The van der Waals surface area contributed by atoms with Crippen LogP contribution in [-0.4, -0.2) is 18.4 Å². The van der Waals surface area contributed by atoms with Crippen LogP contribution in [0.5, 0.6) is 5.75 Å². The van der Waals surface area contributed by atoms with Crippen LogP contribution in [0.4, 0.5) is 15.8 Å². The first-order valence-corrected chi connectivity index (χ1v) is 8.74. The van der Waals surface area contributed by atoms with Gasteiger partial charge in [0.15, 0.2) is 6.61 Å². The topological polar surface area (TPSA) is 67.4 Å². The fraction of sp³-hybridized carbons (Fsp3) is 0.0476. The predicted molar refractivity (Wildman–Crippen MR) is 106 cm³/mol. The number of nitrogens with one attached hydrogen (secondary N) is 2. The monoisotopic (exact) mass is 398 g/mol. The molecule has 3 aromatic rings. The largest absolute Gasteiger partial charge is 0.484 e. The van der Waals surface area contributed by atoms with E-state index in [0.717, 1.165) is 0 Å². The Hall–Kier alpha value is -3.38. The first kappa shape index (κ1) is 19.4. The Morgan fingerprint density at radius 1 is 0.857 bits per heavy atom. The summed E-state index contributed by atoms with van der Waals surface area (Å²) in [5.74, 6) is -0.838. The van der Waals surface area contributed by atoms with Crippen LogP contribution in [0.15, 0.2) is 72.8 Å². The highest BCUT2D eigenvalue weighted by atomic mass is 35.5. The Morgan fingerprint density at radius 3 is 2.14 bits per heavy atom. The van der Waals surface area contributed by atoms with E-state index in [2.05, 4.69) is 10.6 Å². The summed E-state index contributed by atoms with van der Waals surface area (Å²) in [5, 5.41) is 5.74. The van der Waals surface area contributed by atoms with Crippen LogP contribution in [-0.2, 0) is 4.79 Å². The van der Waals surface area contributed by atoms with Crippen molar-refractivity contribution < 1.29 is 18.7 Å². The number of para-hydroxylation sites is 2. The number of hydrogen-bond acceptors (Lipinski definition) is 3. The maximum absolute atomic E-state index is 12.9. The average Bonchev–Trinajstić information content (AvgIpc) is 2.69. The standard InChI is InChI=1S/C21H16ClFN2O3/c22-17-6-2-1-5-16(17)21(27)25-19-8-4-3-7-18(19)24-20(26)13-28-15-11-9-14(23)10-12-15/h1-12H,13H2,(H,24,26)(H,25,27). The van der Waals surface area contributed by atoms with E-state index in [-0.39, 0.29) is 12.4 Å². The molecule has 7 heteroatoms. The van der Waals surface area contributed by atoms with Crippen LogP contribution in [0.25, 0.3) is 0 Å². The number of ether oxygens (including phenoxy) is 1. The molecule has 0 aromatic heterocycles. The molecular formula is C21H16ClFN2O3. The van der Waals surface area contributed by atoms with Gasteiger partial charge in [0, 0.05) is 0 Å². The number of benzene rings is 3. The molecular weight excluding hydrogens is 383 g/mol. The lowest BCUT2D eigenvalue weighted by atomic mass is 10.2. The minimum Gasteiger partial charge on any atom is -0.484 e. The van der Waals surface area contributed by atoms with Crippen LogP contribution in [0.3, 0.4) is 0 Å². The number of amides is 2. The summed E-state index contributed by atoms with van der Waals surface area (Å²) in [6.45, 7) is -0.265. The van der Waals surface area contributed by atoms with E-state index in [4.69, 9.17) is 16.3 Å². The van der Waals surface area contributed by atoms with Crippen molar-refractivity contribution in [3.8, 4) is 5.75 Å². The van der Waals surface area contributed by atoms with Crippen LogP contribution in [0.1, 0.15) is 10.4 Å². The van der Waals surface area contributed by atoms with E-state index in [1.165, 1.54) is 24.3 Å². The Balaban J connectivity index is 1.64. The number of halogens is 2. The van der Waals surface area contributed by atoms with E-state index in [0.29, 0.717) is 27.7 Å². The second kappa shape index (κ2) is 9.01. The van der Waals surface area contributed by atoms with Crippen molar-refractivity contribution in [2.24, 2.45) is 0 Å². The van der Waals surface area contributed by atoms with E-state index in [9.17, 15) is 14.0 Å². The van der Waals surface area contributed by atoms with Crippen LogP contribution in [0.2, 0.25) is 5.02 Å². The van der Waals surface area contributed by atoms with Gasteiger partial charge in [-0.2, -0.15) is 0 Å². The second-order valence-corrected chi connectivity index (χ2v) is 6.18. The van der Waals surface area contributed by atoms with E-state index in [1.807, 2.05) is 0 Å². The third-order valence-corrected chi connectivity index (χ3v) is 4.08. The highest BCUT2D eigenvalue weighted by Crippen LogP contribution is 2.23. The van der Waals surface area contributed by atoms with Gasteiger partial charge in [-0.05, 0) is 48.5 Å². The summed E-state index contributed by atoms with van der Waals surface area (Å²) in [6, 6.07) is 18.8. The molecule has 0 saturated heterocycles. The van der Waals surface area contributed by atoms with Gasteiger partial charge in [0.2, 0.25) is 0 Å². The lowest BCUT2D eigenvalue weighted by Crippen LogP contribution is -2.21. The summed E-state index contributed by atoms with van der Waals surface area (Å²) in [5.41, 5.74) is 1.16. The van der Waals surface area contributed by atoms with Crippen molar-refractivity contribution in [1.82, 2.24) is 0 Å². The maximum Gasteiger partial charge on any atom is 0.262 e. The minimum absolute atomic E-state index is 0.265. The van der Waals surface area contributed by atoms with E-state index < -0.39 is 11.8 Å². The smallest absolute Gasteiger partial charge is 0.262 e. The van der Waals surface area contributed by atoms with E-state index in [1.54, 1.807) is 48.5 Å². The molecule has 2 amide bonds. The number of rotatable bonds is 6. The molecule has 0 aliphatic carbocycles. The zero-order valence-corrected chi connectivity index (χ0v) is 15.4. The number of carbonyl (C=O) groups is 2. The third-order valence-electron chi connectivity index (χ3n) is 3.75. The molecule has 0 unspecified atom stereocenters. The molecule has 3 rings (SSSR count). The average molecular weight is 399 g/mol.